The average Bonchev–Trinajstić information content (AvgIpc) is 3.34. The lowest BCUT2D eigenvalue weighted by atomic mass is 10.2. The molecule has 1 aromatic carbocycles. The fourth-order valence-corrected chi connectivity index (χ4v) is 4.63. The van der Waals surface area contributed by atoms with E-state index in [4.69, 9.17) is 20.8 Å². The third-order valence-electron chi connectivity index (χ3n) is 4.77. The van der Waals surface area contributed by atoms with E-state index in [9.17, 15) is 9.59 Å². The Balaban J connectivity index is 1.92. The van der Waals surface area contributed by atoms with E-state index < -0.39 is 0 Å². The normalized spacial score (nSPS) is 15.1. The molecule has 0 saturated carbocycles. The fraction of sp³-hybridized carbons (Fsp3) is 0.348. The van der Waals surface area contributed by atoms with E-state index in [1.807, 2.05) is 32.6 Å². The highest BCUT2D eigenvalue weighted by molar-refractivity contribution is 8.14. The van der Waals surface area contributed by atoms with Gasteiger partial charge in [0.2, 0.25) is 5.91 Å². The minimum atomic E-state index is -0.331. The van der Waals surface area contributed by atoms with Crippen LogP contribution in [0, 0.1) is 0 Å². The third-order valence-corrected chi connectivity index (χ3v) is 5.99. The van der Waals surface area contributed by atoms with Crippen LogP contribution in [0.4, 0.5) is 5.69 Å². The Kier molecular flexibility index (Phi) is 7.69. The molecule has 2 heterocycles. The van der Waals surface area contributed by atoms with Gasteiger partial charge in [-0.1, -0.05) is 23.4 Å². The van der Waals surface area contributed by atoms with Crippen molar-refractivity contribution in [2.45, 2.75) is 39.8 Å². The number of ether oxygens (including phenoxy) is 1. The van der Waals surface area contributed by atoms with Gasteiger partial charge in [-0.2, -0.15) is 0 Å². The van der Waals surface area contributed by atoms with E-state index in [0.29, 0.717) is 27.4 Å². The summed E-state index contributed by atoms with van der Waals surface area (Å²) in [5.74, 6) is 0.808. The van der Waals surface area contributed by atoms with Crippen LogP contribution in [0.3, 0.4) is 0 Å². The summed E-state index contributed by atoms with van der Waals surface area (Å²) < 4.78 is 10.5. The van der Waals surface area contributed by atoms with E-state index in [2.05, 4.69) is 4.99 Å². The summed E-state index contributed by atoms with van der Waals surface area (Å²) in [4.78, 5) is 33.9. The molecule has 7 nitrogen and oxygen atoms in total. The minimum absolute atomic E-state index is 0.0219. The van der Waals surface area contributed by atoms with E-state index in [1.165, 1.54) is 30.0 Å². The molecule has 3 rings (SSSR count). The lowest BCUT2D eigenvalue weighted by Gasteiger charge is -2.31. The number of methoxy groups -OCH3 is 1. The number of amides is 2. The molecule has 0 saturated heterocycles. The van der Waals surface area contributed by atoms with Crippen molar-refractivity contribution in [2.75, 3.05) is 17.8 Å². The van der Waals surface area contributed by atoms with Gasteiger partial charge in [-0.15, -0.1) is 0 Å². The van der Waals surface area contributed by atoms with E-state index in [-0.39, 0.29) is 35.3 Å². The van der Waals surface area contributed by atoms with Gasteiger partial charge in [-0.05, 0) is 58.0 Å². The Hall–Kier alpha value is -2.71. The Labute approximate surface area is 197 Å². The molecule has 0 fully saturated rings. The van der Waals surface area contributed by atoms with Crippen LogP contribution in [0.5, 0.6) is 5.75 Å². The van der Waals surface area contributed by atoms with Crippen molar-refractivity contribution in [1.82, 2.24) is 4.90 Å². The van der Waals surface area contributed by atoms with Gasteiger partial charge in [0, 0.05) is 18.2 Å². The summed E-state index contributed by atoms with van der Waals surface area (Å²) in [6.45, 7) is 7.92. The Morgan fingerprint density at radius 2 is 2.00 bits per heavy atom. The van der Waals surface area contributed by atoms with Gasteiger partial charge < -0.3 is 14.1 Å². The van der Waals surface area contributed by atoms with Crippen LogP contribution in [-0.2, 0) is 9.59 Å². The van der Waals surface area contributed by atoms with Gasteiger partial charge in [-0.3, -0.25) is 14.5 Å². The Morgan fingerprint density at radius 1 is 1.28 bits per heavy atom. The molecular weight excluding hydrogens is 450 g/mol. The summed E-state index contributed by atoms with van der Waals surface area (Å²) in [6, 6.07) is 8.67. The smallest absolute Gasteiger partial charge is 0.283 e. The largest absolute Gasteiger partial charge is 0.495 e. The van der Waals surface area contributed by atoms with E-state index in [1.54, 1.807) is 36.4 Å². The summed E-state index contributed by atoms with van der Waals surface area (Å²) in [5.41, 5.74) is 0.748. The monoisotopic (exact) mass is 475 g/mol. The number of amidine groups is 1. The summed E-state index contributed by atoms with van der Waals surface area (Å²) in [6.07, 6.45) is 3.10. The van der Waals surface area contributed by atoms with Gasteiger partial charge in [-0.25, -0.2) is 4.99 Å². The molecule has 0 unspecified atom stereocenters. The topological polar surface area (TPSA) is 75.3 Å². The van der Waals surface area contributed by atoms with Gasteiger partial charge >= 0.3 is 0 Å². The van der Waals surface area contributed by atoms with Crippen LogP contribution in [0.2, 0.25) is 5.02 Å². The van der Waals surface area contributed by atoms with Crippen molar-refractivity contribution in [3.63, 3.8) is 0 Å². The van der Waals surface area contributed by atoms with E-state index in [0.717, 1.165) is 0 Å². The van der Waals surface area contributed by atoms with Crippen molar-refractivity contribution in [1.29, 1.82) is 0 Å². The first-order valence-corrected chi connectivity index (χ1v) is 11.5. The second kappa shape index (κ2) is 10.3. The Bertz CT molecular complexity index is 1040. The van der Waals surface area contributed by atoms with Crippen LogP contribution in [0.25, 0.3) is 6.08 Å². The lowest BCUT2D eigenvalue weighted by molar-refractivity contribution is -0.131. The highest BCUT2D eigenvalue weighted by Gasteiger charge is 2.33. The number of carbonyl (C=O) groups excluding carboxylic acids is 2. The number of hydrogen-bond acceptors (Lipinski definition) is 6. The van der Waals surface area contributed by atoms with Crippen LogP contribution >= 0.6 is 23.4 Å². The van der Waals surface area contributed by atoms with Gasteiger partial charge in [0.25, 0.3) is 5.91 Å². The third kappa shape index (κ3) is 5.19. The van der Waals surface area contributed by atoms with Gasteiger partial charge in [0.15, 0.2) is 5.17 Å². The SMILES string of the molecule is COc1ccc(N2C(=O)C(=Cc3ccco3)N=C2SCC(=O)N(C(C)C)C(C)C)cc1Cl. The molecular formula is C23H26ClN3O4S. The highest BCUT2D eigenvalue weighted by Crippen LogP contribution is 2.34. The number of anilines is 1. The van der Waals surface area contributed by atoms with Crippen molar-refractivity contribution in [2.24, 2.45) is 4.99 Å². The maximum atomic E-state index is 13.2. The molecule has 0 aliphatic carbocycles. The van der Waals surface area contributed by atoms with Crippen LogP contribution in [-0.4, -0.2) is 46.8 Å². The number of hydrogen-bond donors (Lipinski definition) is 0. The number of carbonyl (C=O) groups is 2. The molecule has 0 atom stereocenters. The number of rotatable bonds is 7. The summed E-state index contributed by atoms with van der Waals surface area (Å²) in [7, 11) is 1.52. The molecule has 0 radical (unpaired) electrons. The zero-order valence-electron chi connectivity index (χ0n) is 18.7. The standard InChI is InChI=1S/C23H26ClN3O4S/c1-14(2)26(15(3)4)21(28)13-32-23-25-19(12-17-7-6-10-31-17)22(29)27(23)16-8-9-20(30-5)18(24)11-16/h6-12,14-15H,13H2,1-5H3. The van der Waals surface area contributed by atoms with Crippen molar-refractivity contribution < 1.29 is 18.7 Å². The molecule has 0 spiro atoms. The van der Waals surface area contributed by atoms with Gasteiger partial charge in [0.1, 0.15) is 17.2 Å². The maximum absolute atomic E-state index is 13.2. The molecule has 2 amide bonds. The van der Waals surface area contributed by atoms with Crippen molar-refractivity contribution >= 4 is 52.1 Å². The molecule has 170 valence electrons. The fourth-order valence-electron chi connectivity index (χ4n) is 3.50. The van der Waals surface area contributed by atoms with Crippen molar-refractivity contribution in [3.05, 3.63) is 53.1 Å². The van der Waals surface area contributed by atoms with Crippen LogP contribution < -0.4 is 9.64 Å². The molecule has 1 aliphatic heterocycles. The van der Waals surface area contributed by atoms with Crippen LogP contribution in [0.15, 0.2) is 51.7 Å². The van der Waals surface area contributed by atoms with Crippen molar-refractivity contribution in [3.8, 4) is 5.75 Å². The number of furan rings is 1. The van der Waals surface area contributed by atoms with Gasteiger partial charge in [0.05, 0.1) is 29.8 Å². The predicted octanol–water partition coefficient (Wildman–Crippen LogP) is 5.06. The number of thioether (sulfide) groups is 1. The maximum Gasteiger partial charge on any atom is 0.283 e. The lowest BCUT2D eigenvalue weighted by Crippen LogP contribution is -2.43. The Morgan fingerprint density at radius 3 is 2.56 bits per heavy atom. The highest BCUT2D eigenvalue weighted by atomic mass is 35.5. The molecule has 32 heavy (non-hydrogen) atoms. The molecule has 0 bridgehead atoms. The molecule has 1 aromatic heterocycles. The first-order chi connectivity index (χ1) is 15.2. The second-order valence-corrected chi connectivity index (χ2v) is 9.03. The zero-order chi connectivity index (χ0) is 23.4. The predicted molar refractivity (Wildman–Crippen MR) is 129 cm³/mol. The first-order valence-electron chi connectivity index (χ1n) is 10.2. The number of aliphatic imine (C=N–C) groups is 1. The first kappa shape index (κ1) is 23.9. The number of halogens is 1. The minimum Gasteiger partial charge on any atom is -0.495 e. The number of nitrogens with zero attached hydrogens (tertiary/aromatic N) is 3. The second-order valence-electron chi connectivity index (χ2n) is 7.68. The molecule has 0 N–H and O–H groups in total. The average molecular weight is 476 g/mol. The summed E-state index contributed by atoms with van der Waals surface area (Å²) >= 11 is 7.51. The molecule has 2 aromatic rings. The zero-order valence-corrected chi connectivity index (χ0v) is 20.2. The van der Waals surface area contributed by atoms with Crippen LogP contribution in [0.1, 0.15) is 33.5 Å². The quantitative estimate of drug-likeness (QED) is 0.523. The molecule has 9 heteroatoms. The van der Waals surface area contributed by atoms with E-state index >= 15 is 0 Å². The summed E-state index contributed by atoms with van der Waals surface area (Å²) in [5, 5.41) is 0.766. The molecule has 1 aliphatic rings. The number of benzene rings is 1.